The third kappa shape index (κ3) is 2.65. The van der Waals surface area contributed by atoms with E-state index in [1.807, 2.05) is 24.3 Å². The van der Waals surface area contributed by atoms with Crippen LogP contribution in [0.2, 0.25) is 0 Å². The molecule has 0 fully saturated rings. The van der Waals surface area contributed by atoms with E-state index in [1.54, 1.807) is 6.07 Å². The molecule has 98 valence electrons. The summed E-state index contributed by atoms with van der Waals surface area (Å²) in [5.74, 6) is -1.30. The molecule has 5 nitrogen and oxygen atoms in total. The van der Waals surface area contributed by atoms with Crippen LogP contribution < -0.4 is 11.1 Å². The summed E-state index contributed by atoms with van der Waals surface area (Å²) < 4.78 is 0. The maximum Gasteiger partial charge on any atom is 0.255 e. The Labute approximate surface area is 110 Å². The summed E-state index contributed by atoms with van der Waals surface area (Å²) in [5.41, 5.74) is 5.19. The van der Waals surface area contributed by atoms with E-state index in [1.165, 1.54) is 13.0 Å². The van der Waals surface area contributed by atoms with E-state index in [0.29, 0.717) is 0 Å². The van der Waals surface area contributed by atoms with Gasteiger partial charge in [0, 0.05) is 0 Å². The van der Waals surface area contributed by atoms with E-state index < -0.39 is 17.9 Å². The minimum Gasteiger partial charge on any atom is -0.507 e. The molecule has 0 radical (unpaired) electrons. The average Bonchev–Trinajstić information content (AvgIpc) is 2.37. The summed E-state index contributed by atoms with van der Waals surface area (Å²) >= 11 is 0. The van der Waals surface area contributed by atoms with Gasteiger partial charge in [-0.3, -0.25) is 9.59 Å². The van der Waals surface area contributed by atoms with E-state index in [-0.39, 0.29) is 11.3 Å². The van der Waals surface area contributed by atoms with Gasteiger partial charge in [0.25, 0.3) is 5.91 Å². The Kier molecular flexibility index (Phi) is 3.37. The lowest BCUT2D eigenvalue weighted by Gasteiger charge is -2.11. The molecule has 1 unspecified atom stereocenters. The first kappa shape index (κ1) is 12.9. The van der Waals surface area contributed by atoms with E-state index in [2.05, 4.69) is 5.32 Å². The molecule has 0 saturated heterocycles. The molecular formula is C14H14N2O3. The summed E-state index contributed by atoms with van der Waals surface area (Å²) in [5, 5.41) is 13.9. The molecular weight excluding hydrogens is 244 g/mol. The zero-order valence-corrected chi connectivity index (χ0v) is 10.4. The highest BCUT2D eigenvalue weighted by Crippen LogP contribution is 2.24. The zero-order chi connectivity index (χ0) is 14.0. The number of phenolic OH excluding ortho intramolecular Hbond substituents is 1. The van der Waals surface area contributed by atoms with Crippen LogP contribution in [-0.4, -0.2) is 23.0 Å². The molecule has 0 bridgehead atoms. The van der Waals surface area contributed by atoms with Crippen molar-refractivity contribution in [3.63, 3.8) is 0 Å². The van der Waals surface area contributed by atoms with Crippen LogP contribution in [-0.2, 0) is 4.79 Å². The number of carbonyl (C=O) groups excluding carboxylic acids is 2. The quantitative estimate of drug-likeness (QED) is 0.771. The van der Waals surface area contributed by atoms with Crippen molar-refractivity contribution in [3.05, 3.63) is 42.0 Å². The third-order valence-corrected chi connectivity index (χ3v) is 2.88. The molecule has 0 aromatic heterocycles. The maximum atomic E-state index is 11.9. The number of carbonyl (C=O) groups is 2. The van der Waals surface area contributed by atoms with Gasteiger partial charge in [-0.25, -0.2) is 0 Å². The van der Waals surface area contributed by atoms with Crippen molar-refractivity contribution in [2.24, 2.45) is 5.73 Å². The number of aromatic hydroxyl groups is 1. The number of phenols is 1. The van der Waals surface area contributed by atoms with Crippen molar-refractivity contribution in [1.29, 1.82) is 0 Å². The van der Waals surface area contributed by atoms with Crippen LogP contribution in [0.5, 0.6) is 5.75 Å². The van der Waals surface area contributed by atoms with Crippen LogP contribution >= 0.6 is 0 Å². The van der Waals surface area contributed by atoms with Crippen LogP contribution in [0, 0.1) is 0 Å². The van der Waals surface area contributed by atoms with E-state index in [0.717, 1.165) is 10.8 Å². The summed E-state index contributed by atoms with van der Waals surface area (Å²) in [6.45, 7) is 1.48. The summed E-state index contributed by atoms with van der Waals surface area (Å²) in [6, 6.07) is 9.65. The van der Waals surface area contributed by atoms with Crippen LogP contribution in [0.4, 0.5) is 0 Å². The lowest BCUT2D eigenvalue weighted by molar-refractivity contribution is -0.119. The van der Waals surface area contributed by atoms with Gasteiger partial charge >= 0.3 is 0 Å². The third-order valence-electron chi connectivity index (χ3n) is 2.88. The molecule has 0 spiro atoms. The minimum atomic E-state index is -0.793. The number of hydrogen-bond acceptors (Lipinski definition) is 3. The average molecular weight is 258 g/mol. The lowest BCUT2D eigenvalue weighted by atomic mass is 10.1. The van der Waals surface area contributed by atoms with Crippen LogP contribution in [0.25, 0.3) is 10.8 Å². The summed E-state index contributed by atoms with van der Waals surface area (Å²) in [4.78, 5) is 22.9. The topological polar surface area (TPSA) is 92.4 Å². The van der Waals surface area contributed by atoms with Gasteiger partial charge in [0.2, 0.25) is 5.91 Å². The Morgan fingerprint density at radius 1 is 1.21 bits per heavy atom. The number of fused-ring (bicyclic) bond motifs is 1. The van der Waals surface area contributed by atoms with Gasteiger partial charge in [0.05, 0.1) is 5.56 Å². The number of nitrogens with one attached hydrogen (secondary N) is 1. The fraction of sp³-hybridized carbons (Fsp3) is 0.143. The van der Waals surface area contributed by atoms with Gasteiger partial charge in [0.1, 0.15) is 11.8 Å². The van der Waals surface area contributed by atoms with E-state index in [4.69, 9.17) is 5.73 Å². The predicted molar refractivity (Wildman–Crippen MR) is 71.7 cm³/mol. The number of hydrogen-bond donors (Lipinski definition) is 3. The zero-order valence-electron chi connectivity index (χ0n) is 10.4. The summed E-state index contributed by atoms with van der Waals surface area (Å²) in [6.07, 6.45) is 0. The molecule has 2 aromatic carbocycles. The first-order chi connectivity index (χ1) is 8.99. The van der Waals surface area contributed by atoms with Gasteiger partial charge in [-0.05, 0) is 29.8 Å². The van der Waals surface area contributed by atoms with Crippen molar-refractivity contribution in [3.8, 4) is 5.75 Å². The van der Waals surface area contributed by atoms with Gasteiger partial charge in [-0.1, -0.05) is 24.3 Å². The molecule has 2 aromatic rings. The van der Waals surface area contributed by atoms with Crippen LogP contribution in [0.1, 0.15) is 17.3 Å². The fourth-order valence-electron chi connectivity index (χ4n) is 1.76. The first-order valence-corrected chi connectivity index (χ1v) is 5.81. The Bertz CT molecular complexity index is 652. The number of nitrogens with two attached hydrogens (primary N) is 1. The Morgan fingerprint density at radius 2 is 1.79 bits per heavy atom. The van der Waals surface area contributed by atoms with Gasteiger partial charge in [0.15, 0.2) is 0 Å². The number of rotatable bonds is 3. The number of primary amides is 1. The molecule has 4 N–H and O–H groups in total. The monoisotopic (exact) mass is 258 g/mol. The van der Waals surface area contributed by atoms with Gasteiger partial charge < -0.3 is 16.2 Å². The number of benzene rings is 2. The van der Waals surface area contributed by atoms with Crippen molar-refractivity contribution in [1.82, 2.24) is 5.32 Å². The molecule has 0 aliphatic carbocycles. The number of amides is 2. The van der Waals surface area contributed by atoms with Crippen molar-refractivity contribution < 1.29 is 14.7 Å². The highest BCUT2D eigenvalue weighted by atomic mass is 16.3. The molecule has 1 atom stereocenters. The minimum absolute atomic E-state index is 0.117. The Balaban J connectivity index is 2.36. The SMILES string of the molecule is CC(NC(=O)c1cc2ccccc2cc1O)C(N)=O. The van der Waals surface area contributed by atoms with Crippen molar-refractivity contribution in [2.75, 3.05) is 0 Å². The van der Waals surface area contributed by atoms with Crippen molar-refractivity contribution in [2.45, 2.75) is 13.0 Å². The first-order valence-electron chi connectivity index (χ1n) is 5.81. The predicted octanol–water partition coefficient (Wildman–Crippen LogP) is 1.15. The maximum absolute atomic E-state index is 11.9. The molecule has 0 aliphatic rings. The molecule has 0 saturated carbocycles. The molecule has 0 aliphatic heterocycles. The molecule has 2 amide bonds. The Hall–Kier alpha value is -2.56. The second-order valence-corrected chi connectivity index (χ2v) is 4.31. The fourth-order valence-corrected chi connectivity index (χ4v) is 1.76. The van der Waals surface area contributed by atoms with Crippen molar-refractivity contribution >= 4 is 22.6 Å². The normalized spacial score (nSPS) is 12.1. The van der Waals surface area contributed by atoms with E-state index >= 15 is 0 Å². The van der Waals surface area contributed by atoms with E-state index in [9.17, 15) is 14.7 Å². The van der Waals surface area contributed by atoms with Crippen LogP contribution in [0.15, 0.2) is 36.4 Å². The molecule has 2 rings (SSSR count). The Morgan fingerprint density at radius 3 is 2.37 bits per heavy atom. The van der Waals surface area contributed by atoms with Gasteiger partial charge in [-0.2, -0.15) is 0 Å². The second kappa shape index (κ2) is 4.97. The van der Waals surface area contributed by atoms with Gasteiger partial charge in [-0.15, -0.1) is 0 Å². The largest absolute Gasteiger partial charge is 0.507 e. The smallest absolute Gasteiger partial charge is 0.255 e. The lowest BCUT2D eigenvalue weighted by Crippen LogP contribution is -2.42. The molecule has 5 heteroatoms. The molecule has 19 heavy (non-hydrogen) atoms. The highest BCUT2D eigenvalue weighted by molar-refractivity contribution is 6.03. The molecule has 0 heterocycles. The summed E-state index contributed by atoms with van der Waals surface area (Å²) in [7, 11) is 0. The van der Waals surface area contributed by atoms with Crippen LogP contribution in [0.3, 0.4) is 0 Å². The second-order valence-electron chi connectivity index (χ2n) is 4.31. The standard InChI is InChI=1S/C14H14N2O3/c1-8(13(15)18)16-14(19)11-6-9-4-2-3-5-10(9)7-12(11)17/h2-8,17H,1H3,(H2,15,18)(H,16,19). The highest BCUT2D eigenvalue weighted by Gasteiger charge is 2.17.